The molecule has 4 rings (SSSR count). The van der Waals surface area contributed by atoms with Crippen molar-refractivity contribution >= 4 is 33.0 Å². The molecule has 1 N–H and O–H groups in total. The van der Waals surface area contributed by atoms with Crippen LogP contribution >= 0.6 is 11.3 Å². The first kappa shape index (κ1) is 15.8. The molecule has 0 spiro atoms. The van der Waals surface area contributed by atoms with Crippen molar-refractivity contribution in [2.24, 2.45) is 0 Å². The van der Waals surface area contributed by atoms with Gasteiger partial charge in [-0.1, -0.05) is 6.07 Å². The van der Waals surface area contributed by atoms with Crippen molar-refractivity contribution in [1.29, 1.82) is 0 Å². The molecule has 0 saturated heterocycles. The van der Waals surface area contributed by atoms with E-state index in [-0.39, 0.29) is 23.3 Å². The van der Waals surface area contributed by atoms with Gasteiger partial charge >= 0.3 is 0 Å². The summed E-state index contributed by atoms with van der Waals surface area (Å²) in [6.07, 6.45) is 1.68. The molecule has 1 amide bonds. The van der Waals surface area contributed by atoms with Crippen LogP contribution in [-0.4, -0.2) is 20.9 Å². The molecule has 24 heavy (non-hydrogen) atoms. The number of carbonyl (C=O) groups is 1. The molecule has 0 aliphatic carbocycles. The first-order chi connectivity index (χ1) is 11.5. The van der Waals surface area contributed by atoms with Gasteiger partial charge in [0.15, 0.2) is 0 Å². The van der Waals surface area contributed by atoms with Crippen LogP contribution in [0.25, 0.3) is 0 Å². The van der Waals surface area contributed by atoms with Crippen LogP contribution in [0.3, 0.4) is 0 Å². The fraction of sp³-hybridized carbons (Fsp3) is 0.353. The number of amides is 1. The zero-order valence-electron chi connectivity index (χ0n) is 13.3. The number of benzene rings is 1. The van der Waals surface area contributed by atoms with Gasteiger partial charge in [0.05, 0.1) is 16.5 Å². The Kier molecular flexibility index (Phi) is 3.74. The molecule has 3 heterocycles. The van der Waals surface area contributed by atoms with E-state index in [1.165, 1.54) is 11.3 Å². The normalized spacial score (nSPS) is 19.6. The summed E-state index contributed by atoms with van der Waals surface area (Å²) in [6, 6.07) is 7.20. The Labute approximate surface area is 145 Å². The zero-order chi connectivity index (χ0) is 16.9. The van der Waals surface area contributed by atoms with Gasteiger partial charge in [0.1, 0.15) is 0 Å². The highest BCUT2D eigenvalue weighted by molar-refractivity contribution is 7.89. The summed E-state index contributed by atoms with van der Waals surface area (Å²) in [7, 11) is -3.60. The molecular formula is C17H18N2O3S2. The van der Waals surface area contributed by atoms with Gasteiger partial charge in [0, 0.05) is 18.0 Å². The summed E-state index contributed by atoms with van der Waals surface area (Å²) in [5, 5.41) is 1.92. The Balaban J connectivity index is 1.71. The summed E-state index contributed by atoms with van der Waals surface area (Å²) < 4.78 is 28.0. The highest BCUT2D eigenvalue weighted by Gasteiger charge is 2.38. The van der Waals surface area contributed by atoms with E-state index in [1.54, 1.807) is 12.1 Å². The van der Waals surface area contributed by atoms with Gasteiger partial charge in [-0.05, 0) is 54.5 Å². The number of anilines is 1. The Morgan fingerprint density at radius 2 is 2.21 bits per heavy atom. The lowest BCUT2D eigenvalue weighted by Crippen LogP contribution is -2.32. The zero-order valence-corrected chi connectivity index (χ0v) is 14.9. The summed E-state index contributed by atoms with van der Waals surface area (Å²) in [4.78, 5) is 15.4. The van der Waals surface area contributed by atoms with Crippen LogP contribution < -0.4 is 9.62 Å². The lowest BCUT2D eigenvalue weighted by atomic mass is 9.97. The molecule has 0 unspecified atom stereocenters. The SMILES string of the molecule is C[C@H]1C(=O)N2CCCc3cc(S(=O)(=O)NCc4cccs4)cc1c32. The predicted molar refractivity (Wildman–Crippen MR) is 93.9 cm³/mol. The number of rotatable bonds is 4. The van der Waals surface area contributed by atoms with E-state index in [2.05, 4.69) is 4.72 Å². The van der Waals surface area contributed by atoms with Gasteiger partial charge in [-0.15, -0.1) is 11.3 Å². The minimum Gasteiger partial charge on any atom is -0.311 e. The number of aryl methyl sites for hydroxylation is 1. The number of carbonyl (C=O) groups excluding carboxylic acids is 1. The number of sulfonamides is 1. The number of hydrogen-bond donors (Lipinski definition) is 1. The minimum atomic E-state index is -3.60. The second kappa shape index (κ2) is 5.68. The van der Waals surface area contributed by atoms with E-state index in [1.807, 2.05) is 29.3 Å². The number of nitrogens with zero attached hydrogens (tertiary/aromatic N) is 1. The maximum absolute atomic E-state index is 12.7. The molecular weight excluding hydrogens is 344 g/mol. The quantitative estimate of drug-likeness (QED) is 0.909. The van der Waals surface area contributed by atoms with E-state index in [4.69, 9.17) is 0 Å². The van der Waals surface area contributed by atoms with E-state index >= 15 is 0 Å². The van der Waals surface area contributed by atoms with Gasteiger partial charge in [-0.3, -0.25) is 4.79 Å². The summed E-state index contributed by atoms with van der Waals surface area (Å²) in [5.41, 5.74) is 2.75. The molecule has 2 aliphatic heterocycles. The molecule has 0 fully saturated rings. The first-order valence-corrected chi connectivity index (χ1v) is 10.3. The first-order valence-electron chi connectivity index (χ1n) is 7.97. The molecule has 2 aliphatic rings. The molecule has 0 saturated carbocycles. The van der Waals surface area contributed by atoms with Gasteiger partial charge in [-0.25, -0.2) is 13.1 Å². The van der Waals surface area contributed by atoms with Crippen LogP contribution in [0.15, 0.2) is 34.5 Å². The molecule has 1 aromatic heterocycles. The van der Waals surface area contributed by atoms with Crippen molar-refractivity contribution in [3.8, 4) is 0 Å². The minimum absolute atomic E-state index is 0.0760. The van der Waals surface area contributed by atoms with Gasteiger partial charge in [0.25, 0.3) is 0 Å². The molecule has 0 radical (unpaired) electrons. The Bertz CT molecular complexity index is 904. The van der Waals surface area contributed by atoms with Crippen LogP contribution in [-0.2, 0) is 27.8 Å². The standard InChI is InChI=1S/C17H18N2O3S2/c1-11-15-9-14(24(21,22)18-10-13-5-3-7-23-13)8-12-4-2-6-19(16(12)15)17(11)20/h3,5,7-9,11,18H,2,4,6,10H2,1H3/t11-/m1/s1. The fourth-order valence-corrected chi connectivity index (χ4v) is 5.31. The molecule has 5 nitrogen and oxygen atoms in total. The molecule has 1 aromatic carbocycles. The van der Waals surface area contributed by atoms with Crippen molar-refractivity contribution in [3.63, 3.8) is 0 Å². The Morgan fingerprint density at radius 3 is 2.96 bits per heavy atom. The average molecular weight is 362 g/mol. The van der Waals surface area contributed by atoms with Gasteiger partial charge in [0.2, 0.25) is 15.9 Å². The Hall–Kier alpha value is -1.70. The molecule has 7 heteroatoms. The second-order valence-corrected chi connectivity index (χ2v) is 9.04. The Morgan fingerprint density at radius 1 is 1.38 bits per heavy atom. The highest BCUT2D eigenvalue weighted by Crippen LogP contribution is 2.43. The molecule has 126 valence electrons. The van der Waals surface area contributed by atoms with Crippen molar-refractivity contribution in [2.75, 3.05) is 11.4 Å². The smallest absolute Gasteiger partial charge is 0.240 e. The lowest BCUT2D eigenvalue weighted by Gasteiger charge is -2.26. The van der Waals surface area contributed by atoms with Crippen LogP contribution in [0.1, 0.15) is 35.3 Å². The summed E-state index contributed by atoms with van der Waals surface area (Å²) >= 11 is 1.52. The number of thiophene rings is 1. The van der Waals surface area contributed by atoms with Crippen molar-refractivity contribution in [3.05, 3.63) is 45.6 Å². The summed E-state index contributed by atoms with van der Waals surface area (Å²) in [6.45, 7) is 2.87. The van der Waals surface area contributed by atoms with E-state index in [0.717, 1.165) is 41.1 Å². The molecule has 0 bridgehead atoms. The summed E-state index contributed by atoms with van der Waals surface area (Å²) in [5.74, 6) is -0.198. The maximum atomic E-state index is 12.7. The third-order valence-electron chi connectivity index (χ3n) is 4.72. The van der Waals surface area contributed by atoms with Gasteiger partial charge in [-0.2, -0.15) is 0 Å². The maximum Gasteiger partial charge on any atom is 0.240 e. The lowest BCUT2D eigenvalue weighted by molar-refractivity contribution is -0.119. The van der Waals surface area contributed by atoms with Gasteiger partial charge < -0.3 is 4.90 Å². The van der Waals surface area contributed by atoms with E-state index in [9.17, 15) is 13.2 Å². The van der Waals surface area contributed by atoms with E-state index < -0.39 is 10.0 Å². The highest BCUT2D eigenvalue weighted by atomic mass is 32.2. The fourth-order valence-electron chi connectivity index (χ4n) is 3.48. The van der Waals surface area contributed by atoms with Crippen LogP contribution in [0.5, 0.6) is 0 Å². The second-order valence-electron chi connectivity index (χ2n) is 6.24. The average Bonchev–Trinajstić information content (AvgIpc) is 3.18. The monoisotopic (exact) mass is 362 g/mol. The largest absolute Gasteiger partial charge is 0.311 e. The van der Waals surface area contributed by atoms with E-state index in [0.29, 0.717) is 0 Å². The molecule has 2 aromatic rings. The topological polar surface area (TPSA) is 66.5 Å². The predicted octanol–water partition coefficient (Wildman–Crippen LogP) is 2.62. The number of nitrogens with one attached hydrogen (secondary N) is 1. The molecule has 1 atom stereocenters. The number of hydrogen-bond acceptors (Lipinski definition) is 4. The third-order valence-corrected chi connectivity index (χ3v) is 6.98. The van der Waals surface area contributed by atoms with Crippen LogP contribution in [0.2, 0.25) is 0 Å². The third kappa shape index (κ3) is 2.47. The van der Waals surface area contributed by atoms with Crippen LogP contribution in [0, 0.1) is 0 Å². The van der Waals surface area contributed by atoms with Crippen molar-refractivity contribution in [1.82, 2.24) is 4.72 Å². The van der Waals surface area contributed by atoms with Crippen molar-refractivity contribution < 1.29 is 13.2 Å². The van der Waals surface area contributed by atoms with Crippen molar-refractivity contribution in [2.45, 2.75) is 37.1 Å². The van der Waals surface area contributed by atoms with Crippen LogP contribution in [0.4, 0.5) is 5.69 Å².